The van der Waals surface area contributed by atoms with Crippen LogP contribution in [-0.2, 0) is 4.74 Å². The van der Waals surface area contributed by atoms with Crippen molar-refractivity contribution in [2.45, 2.75) is 38.6 Å². The lowest BCUT2D eigenvalue weighted by atomic mass is 10.1. The molecule has 1 unspecified atom stereocenters. The lowest BCUT2D eigenvalue weighted by Crippen LogP contribution is -2.40. The molecular weight excluding hydrogens is 256 g/mol. The number of nitrogen functional groups attached to an aromatic ring is 1. The molecule has 6 heteroatoms. The molecule has 0 aromatic carbocycles. The van der Waals surface area contributed by atoms with Gasteiger partial charge in [0.05, 0.1) is 12.6 Å². The van der Waals surface area contributed by atoms with Crippen LogP contribution >= 0.6 is 0 Å². The van der Waals surface area contributed by atoms with Crippen LogP contribution in [0.3, 0.4) is 0 Å². The first-order chi connectivity index (χ1) is 9.60. The molecule has 2 rings (SSSR count). The first-order valence-corrected chi connectivity index (χ1v) is 6.97. The third kappa shape index (κ3) is 3.68. The summed E-state index contributed by atoms with van der Waals surface area (Å²) in [5.41, 5.74) is 3.92. The molecule has 0 saturated carbocycles. The van der Waals surface area contributed by atoms with Gasteiger partial charge in [-0.05, 0) is 30.9 Å². The van der Waals surface area contributed by atoms with E-state index in [-0.39, 0.29) is 17.9 Å². The average Bonchev–Trinajstić information content (AvgIpc) is 2.47. The molecule has 6 nitrogen and oxygen atoms in total. The summed E-state index contributed by atoms with van der Waals surface area (Å²) in [4.78, 5) is 16.6. The minimum absolute atomic E-state index is 0.0844. The molecule has 4 N–H and O–H groups in total. The van der Waals surface area contributed by atoms with Gasteiger partial charge >= 0.3 is 0 Å². The SMILES string of the molecule is CC(C)c1cc(C(=O)NC2CCCOC2)cc(NN)n1. The van der Waals surface area contributed by atoms with Crippen molar-refractivity contribution in [2.24, 2.45) is 5.84 Å². The Morgan fingerprint density at radius 2 is 2.30 bits per heavy atom. The van der Waals surface area contributed by atoms with E-state index < -0.39 is 0 Å². The summed E-state index contributed by atoms with van der Waals surface area (Å²) in [6, 6.07) is 3.55. The number of nitrogens with zero attached hydrogens (tertiary/aromatic N) is 1. The molecule has 1 aliphatic heterocycles. The number of hydrogen-bond acceptors (Lipinski definition) is 5. The number of anilines is 1. The van der Waals surface area contributed by atoms with Gasteiger partial charge in [-0.25, -0.2) is 10.8 Å². The quantitative estimate of drug-likeness (QED) is 0.572. The summed E-state index contributed by atoms with van der Waals surface area (Å²) in [5, 5.41) is 2.99. The minimum Gasteiger partial charge on any atom is -0.379 e. The summed E-state index contributed by atoms with van der Waals surface area (Å²) in [6.45, 7) is 5.41. The van der Waals surface area contributed by atoms with Crippen LogP contribution in [0.15, 0.2) is 12.1 Å². The number of ether oxygens (including phenoxy) is 1. The number of rotatable bonds is 4. The fraction of sp³-hybridized carbons (Fsp3) is 0.571. The van der Waals surface area contributed by atoms with E-state index in [9.17, 15) is 4.79 Å². The molecule has 2 heterocycles. The van der Waals surface area contributed by atoms with E-state index in [0.29, 0.717) is 18.0 Å². The lowest BCUT2D eigenvalue weighted by Gasteiger charge is -2.23. The van der Waals surface area contributed by atoms with Crippen LogP contribution in [0, 0.1) is 0 Å². The Morgan fingerprint density at radius 3 is 2.90 bits per heavy atom. The van der Waals surface area contributed by atoms with Gasteiger partial charge in [-0.3, -0.25) is 4.79 Å². The fourth-order valence-corrected chi connectivity index (χ4v) is 2.18. The van der Waals surface area contributed by atoms with Gasteiger partial charge in [-0.1, -0.05) is 13.8 Å². The van der Waals surface area contributed by atoms with E-state index in [1.807, 2.05) is 19.9 Å². The normalized spacial score (nSPS) is 18.9. The van der Waals surface area contributed by atoms with Gasteiger partial charge < -0.3 is 15.5 Å². The summed E-state index contributed by atoms with van der Waals surface area (Å²) in [7, 11) is 0. The van der Waals surface area contributed by atoms with Crippen molar-refractivity contribution >= 4 is 11.7 Å². The predicted molar refractivity (Wildman–Crippen MR) is 77.4 cm³/mol. The van der Waals surface area contributed by atoms with E-state index in [1.54, 1.807) is 6.07 Å². The highest BCUT2D eigenvalue weighted by atomic mass is 16.5. The van der Waals surface area contributed by atoms with Crippen LogP contribution in [-0.4, -0.2) is 30.1 Å². The van der Waals surface area contributed by atoms with Crippen LogP contribution in [0.2, 0.25) is 0 Å². The average molecular weight is 278 g/mol. The van der Waals surface area contributed by atoms with Gasteiger partial charge in [-0.15, -0.1) is 0 Å². The largest absolute Gasteiger partial charge is 0.379 e. The highest BCUT2D eigenvalue weighted by Crippen LogP contribution is 2.17. The van der Waals surface area contributed by atoms with E-state index in [4.69, 9.17) is 10.6 Å². The molecule has 0 aliphatic carbocycles. The zero-order valence-electron chi connectivity index (χ0n) is 12.0. The number of amides is 1. The summed E-state index contributed by atoms with van der Waals surface area (Å²) in [5.74, 6) is 6.03. The molecule has 0 bridgehead atoms. The van der Waals surface area contributed by atoms with E-state index in [0.717, 1.165) is 25.1 Å². The molecule has 0 spiro atoms. The maximum atomic E-state index is 12.3. The number of nitrogens with two attached hydrogens (primary N) is 1. The van der Waals surface area contributed by atoms with Gasteiger partial charge in [0.15, 0.2) is 0 Å². The van der Waals surface area contributed by atoms with E-state index in [1.165, 1.54) is 0 Å². The fourth-order valence-electron chi connectivity index (χ4n) is 2.18. The highest BCUT2D eigenvalue weighted by molar-refractivity contribution is 5.95. The smallest absolute Gasteiger partial charge is 0.251 e. The van der Waals surface area contributed by atoms with Gasteiger partial charge in [0.25, 0.3) is 5.91 Å². The van der Waals surface area contributed by atoms with Gasteiger partial charge in [0.1, 0.15) is 5.82 Å². The third-order valence-corrected chi connectivity index (χ3v) is 3.34. The van der Waals surface area contributed by atoms with Crippen molar-refractivity contribution < 1.29 is 9.53 Å². The van der Waals surface area contributed by atoms with Crippen LogP contribution in [0.25, 0.3) is 0 Å². The predicted octanol–water partition coefficient (Wildman–Crippen LogP) is 1.40. The molecule has 1 amide bonds. The Hall–Kier alpha value is -1.66. The maximum absolute atomic E-state index is 12.3. The van der Waals surface area contributed by atoms with Crippen LogP contribution in [0.1, 0.15) is 48.7 Å². The van der Waals surface area contributed by atoms with E-state index >= 15 is 0 Å². The number of nitrogens with one attached hydrogen (secondary N) is 2. The van der Waals surface area contributed by atoms with Crippen molar-refractivity contribution in [3.63, 3.8) is 0 Å². The highest BCUT2D eigenvalue weighted by Gasteiger charge is 2.18. The first-order valence-electron chi connectivity index (χ1n) is 6.97. The molecular formula is C14H22N4O2. The number of hydrazine groups is 1. The summed E-state index contributed by atoms with van der Waals surface area (Å²) >= 11 is 0. The van der Waals surface area contributed by atoms with Crippen molar-refractivity contribution in [3.05, 3.63) is 23.4 Å². The maximum Gasteiger partial charge on any atom is 0.251 e. The molecule has 1 aromatic rings. The van der Waals surface area contributed by atoms with Crippen molar-refractivity contribution in [3.8, 4) is 0 Å². The standard InChI is InChI=1S/C14H22N4O2/c1-9(2)12-6-10(7-13(17-12)18-15)14(19)16-11-4-3-5-20-8-11/h6-7,9,11H,3-5,8,15H2,1-2H3,(H,16,19)(H,17,18). The lowest BCUT2D eigenvalue weighted by molar-refractivity contribution is 0.0624. The third-order valence-electron chi connectivity index (χ3n) is 3.34. The number of aromatic nitrogens is 1. The molecule has 20 heavy (non-hydrogen) atoms. The second-order valence-corrected chi connectivity index (χ2v) is 5.35. The molecule has 1 aliphatic rings. The molecule has 1 fully saturated rings. The molecule has 1 aromatic heterocycles. The van der Waals surface area contributed by atoms with Gasteiger partial charge in [0, 0.05) is 17.9 Å². The molecule has 1 atom stereocenters. The van der Waals surface area contributed by atoms with Crippen LogP contribution < -0.4 is 16.6 Å². The Balaban J connectivity index is 2.13. The monoisotopic (exact) mass is 278 g/mol. The molecule has 1 saturated heterocycles. The Morgan fingerprint density at radius 1 is 1.50 bits per heavy atom. The van der Waals surface area contributed by atoms with E-state index in [2.05, 4.69) is 15.7 Å². The second kappa shape index (κ2) is 6.67. The zero-order chi connectivity index (χ0) is 14.5. The van der Waals surface area contributed by atoms with Crippen LogP contribution in [0.4, 0.5) is 5.82 Å². The van der Waals surface area contributed by atoms with Gasteiger partial charge in [0.2, 0.25) is 0 Å². The first kappa shape index (κ1) is 14.7. The van der Waals surface area contributed by atoms with Gasteiger partial charge in [-0.2, -0.15) is 0 Å². The Kier molecular flexibility index (Phi) is 4.92. The molecule has 0 radical (unpaired) electrons. The number of hydrogen-bond donors (Lipinski definition) is 3. The van der Waals surface area contributed by atoms with Crippen molar-refractivity contribution in [1.29, 1.82) is 0 Å². The van der Waals surface area contributed by atoms with Crippen LogP contribution in [0.5, 0.6) is 0 Å². The number of carbonyl (C=O) groups excluding carboxylic acids is 1. The Labute approximate surface area is 119 Å². The summed E-state index contributed by atoms with van der Waals surface area (Å²) < 4.78 is 5.37. The van der Waals surface area contributed by atoms with Crippen molar-refractivity contribution in [2.75, 3.05) is 18.6 Å². The zero-order valence-corrected chi connectivity index (χ0v) is 12.0. The molecule has 110 valence electrons. The topological polar surface area (TPSA) is 89.3 Å². The minimum atomic E-state index is -0.110. The number of carbonyl (C=O) groups is 1. The van der Waals surface area contributed by atoms with Crippen molar-refractivity contribution in [1.82, 2.24) is 10.3 Å². The summed E-state index contributed by atoms with van der Waals surface area (Å²) in [6.07, 6.45) is 1.93. The number of pyridine rings is 1. The second-order valence-electron chi connectivity index (χ2n) is 5.35. The Bertz CT molecular complexity index is 470.